The molecule has 2 atom stereocenters. The Morgan fingerprint density at radius 3 is 2.79 bits per heavy atom. The molecule has 2 heterocycles. The van der Waals surface area contributed by atoms with Crippen LogP contribution < -0.4 is 11.1 Å². The monoisotopic (exact) mass is 390 g/mol. The van der Waals surface area contributed by atoms with Gasteiger partial charge in [-0.15, -0.1) is 36.2 Å². The lowest BCUT2D eigenvalue weighted by atomic mass is 10.0. The van der Waals surface area contributed by atoms with Crippen LogP contribution in [0.3, 0.4) is 0 Å². The molecule has 0 saturated heterocycles. The SMILES string of the molecule is Cc1cc(C(=O)NC2CCCC2CN)c(C)n1-c1nccs1.Cl.Cl. The van der Waals surface area contributed by atoms with Crippen molar-refractivity contribution in [1.82, 2.24) is 14.9 Å². The molecule has 2 aromatic rings. The van der Waals surface area contributed by atoms with Crippen molar-refractivity contribution in [3.63, 3.8) is 0 Å². The van der Waals surface area contributed by atoms with Crippen molar-refractivity contribution in [1.29, 1.82) is 0 Å². The minimum Gasteiger partial charge on any atom is -0.349 e. The molecule has 1 aliphatic rings. The molecule has 1 amide bonds. The number of carbonyl (C=O) groups is 1. The number of halogens is 2. The van der Waals surface area contributed by atoms with Gasteiger partial charge in [-0.25, -0.2) is 4.98 Å². The number of hydrogen-bond acceptors (Lipinski definition) is 4. The van der Waals surface area contributed by atoms with E-state index >= 15 is 0 Å². The molecule has 0 radical (unpaired) electrons. The number of aromatic nitrogens is 2. The van der Waals surface area contributed by atoms with E-state index in [4.69, 9.17) is 5.73 Å². The van der Waals surface area contributed by atoms with Crippen molar-refractivity contribution in [2.24, 2.45) is 11.7 Å². The molecule has 0 bridgehead atoms. The van der Waals surface area contributed by atoms with E-state index < -0.39 is 0 Å². The smallest absolute Gasteiger partial charge is 0.253 e. The van der Waals surface area contributed by atoms with Crippen molar-refractivity contribution < 1.29 is 4.79 Å². The molecule has 1 fully saturated rings. The van der Waals surface area contributed by atoms with Crippen LogP contribution in [-0.2, 0) is 0 Å². The van der Waals surface area contributed by atoms with Gasteiger partial charge in [-0.1, -0.05) is 6.42 Å². The van der Waals surface area contributed by atoms with Crippen molar-refractivity contribution in [2.45, 2.75) is 39.2 Å². The summed E-state index contributed by atoms with van der Waals surface area (Å²) in [4.78, 5) is 17.0. The van der Waals surface area contributed by atoms with E-state index in [0.29, 0.717) is 12.5 Å². The molecule has 1 saturated carbocycles. The van der Waals surface area contributed by atoms with Gasteiger partial charge in [0.05, 0.1) is 5.56 Å². The van der Waals surface area contributed by atoms with Crippen LogP contribution in [0, 0.1) is 19.8 Å². The summed E-state index contributed by atoms with van der Waals surface area (Å²) in [7, 11) is 0. The summed E-state index contributed by atoms with van der Waals surface area (Å²) in [5.74, 6) is 0.410. The van der Waals surface area contributed by atoms with Gasteiger partial charge in [0, 0.05) is 29.0 Å². The molecule has 134 valence electrons. The average molecular weight is 391 g/mol. The number of amides is 1. The highest BCUT2D eigenvalue weighted by atomic mass is 35.5. The maximum atomic E-state index is 12.6. The van der Waals surface area contributed by atoms with E-state index in [0.717, 1.165) is 41.3 Å². The number of rotatable bonds is 4. The molecule has 8 heteroatoms. The fraction of sp³-hybridized carbons (Fsp3) is 0.500. The second-order valence-corrected chi connectivity index (χ2v) is 6.81. The van der Waals surface area contributed by atoms with Crippen molar-refractivity contribution in [2.75, 3.05) is 6.54 Å². The van der Waals surface area contributed by atoms with Crippen LogP contribution in [-0.4, -0.2) is 28.0 Å². The first kappa shape index (κ1) is 21.0. The number of carbonyl (C=O) groups excluding carboxylic acids is 1. The second kappa shape index (κ2) is 8.85. The predicted octanol–water partition coefficient (Wildman–Crippen LogP) is 3.25. The quantitative estimate of drug-likeness (QED) is 0.840. The Morgan fingerprint density at radius 1 is 1.42 bits per heavy atom. The zero-order valence-corrected chi connectivity index (χ0v) is 16.3. The number of aryl methyl sites for hydroxylation is 1. The summed E-state index contributed by atoms with van der Waals surface area (Å²) in [5, 5.41) is 6.01. The molecule has 2 unspecified atom stereocenters. The number of nitrogens with zero attached hydrogens (tertiary/aromatic N) is 2. The van der Waals surface area contributed by atoms with Gasteiger partial charge in [0.15, 0.2) is 5.13 Å². The first-order chi connectivity index (χ1) is 10.6. The van der Waals surface area contributed by atoms with Crippen molar-refractivity contribution >= 4 is 42.1 Å². The third kappa shape index (κ3) is 3.94. The molecule has 0 aromatic carbocycles. The number of nitrogens with one attached hydrogen (secondary N) is 1. The molecular weight excluding hydrogens is 367 g/mol. The minimum atomic E-state index is 0. The van der Waals surface area contributed by atoms with Crippen LogP contribution in [0.4, 0.5) is 0 Å². The Bertz CT molecular complexity index is 672. The highest BCUT2D eigenvalue weighted by Crippen LogP contribution is 2.26. The zero-order chi connectivity index (χ0) is 15.7. The first-order valence-electron chi connectivity index (χ1n) is 7.71. The molecule has 5 nitrogen and oxygen atoms in total. The highest BCUT2D eigenvalue weighted by molar-refractivity contribution is 7.12. The van der Waals surface area contributed by atoms with Gasteiger partial charge in [0.2, 0.25) is 0 Å². The van der Waals surface area contributed by atoms with Gasteiger partial charge >= 0.3 is 0 Å². The summed E-state index contributed by atoms with van der Waals surface area (Å²) in [6, 6.07) is 2.15. The van der Waals surface area contributed by atoms with Gasteiger partial charge in [-0.2, -0.15) is 0 Å². The van der Waals surface area contributed by atoms with Crippen molar-refractivity contribution in [3.8, 4) is 5.13 Å². The molecule has 1 aliphatic carbocycles. The van der Waals surface area contributed by atoms with Crippen LogP contribution in [0.2, 0.25) is 0 Å². The normalized spacial score (nSPS) is 19.5. The van der Waals surface area contributed by atoms with Gasteiger partial charge in [0.25, 0.3) is 5.91 Å². The standard InChI is InChI=1S/C16H22N4OS.2ClH/c1-10-8-13(11(2)20(10)16-18-6-7-22-16)15(21)19-14-5-3-4-12(14)9-17;;/h6-8,12,14H,3-5,9,17H2,1-2H3,(H,19,21);2*1H. The summed E-state index contributed by atoms with van der Waals surface area (Å²) in [5.41, 5.74) is 8.49. The molecule has 0 aliphatic heterocycles. The summed E-state index contributed by atoms with van der Waals surface area (Å²) >= 11 is 1.57. The minimum absolute atomic E-state index is 0. The Kier molecular flexibility index (Phi) is 7.73. The van der Waals surface area contributed by atoms with E-state index in [2.05, 4.69) is 10.3 Å². The largest absolute Gasteiger partial charge is 0.349 e. The van der Waals surface area contributed by atoms with E-state index in [1.165, 1.54) is 0 Å². The lowest BCUT2D eigenvalue weighted by molar-refractivity contribution is 0.0928. The lowest BCUT2D eigenvalue weighted by Crippen LogP contribution is -2.40. The van der Waals surface area contributed by atoms with Crippen LogP contribution in [0.1, 0.15) is 41.0 Å². The highest BCUT2D eigenvalue weighted by Gasteiger charge is 2.28. The van der Waals surface area contributed by atoms with Gasteiger partial charge in [-0.3, -0.25) is 9.36 Å². The molecule has 24 heavy (non-hydrogen) atoms. The third-order valence-corrected chi connectivity index (χ3v) is 5.32. The van der Waals surface area contributed by atoms with Gasteiger partial charge < -0.3 is 11.1 Å². The van der Waals surface area contributed by atoms with E-state index in [-0.39, 0.29) is 36.8 Å². The Labute approximate surface area is 158 Å². The predicted molar refractivity (Wildman–Crippen MR) is 103 cm³/mol. The van der Waals surface area contributed by atoms with E-state index in [9.17, 15) is 4.79 Å². The van der Waals surface area contributed by atoms with E-state index in [1.807, 2.05) is 29.9 Å². The number of thiazole rings is 1. The first-order valence-corrected chi connectivity index (χ1v) is 8.59. The summed E-state index contributed by atoms with van der Waals surface area (Å²) in [6.07, 6.45) is 5.06. The molecule has 3 N–H and O–H groups in total. The van der Waals surface area contributed by atoms with Crippen LogP contribution in [0.5, 0.6) is 0 Å². The van der Waals surface area contributed by atoms with Crippen LogP contribution in [0.15, 0.2) is 17.6 Å². The topological polar surface area (TPSA) is 72.9 Å². The number of hydrogen-bond donors (Lipinski definition) is 2. The van der Waals surface area contributed by atoms with Crippen LogP contribution >= 0.6 is 36.2 Å². The molecule has 0 spiro atoms. The maximum Gasteiger partial charge on any atom is 0.253 e. The fourth-order valence-electron chi connectivity index (χ4n) is 3.37. The lowest BCUT2D eigenvalue weighted by Gasteiger charge is -2.19. The molecule has 3 rings (SSSR count). The maximum absolute atomic E-state index is 12.6. The van der Waals surface area contributed by atoms with Gasteiger partial charge in [-0.05, 0) is 45.2 Å². The Balaban J connectivity index is 0.00000144. The summed E-state index contributed by atoms with van der Waals surface area (Å²) < 4.78 is 2.04. The van der Waals surface area contributed by atoms with Gasteiger partial charge in [0.1, 0.15) is 0 Å². The second-order valence-electron chi connectivity index (χ2n) is 5.94. The fourth-order valence-corrected chi connectivity index (χ4v) is 4.12. The van der Waals surface area contributed by atoms with E-state index in [1.54, 1.807) is 17.5 Å². The average Bonchev–Trinajstić information content (AvgIpc) is 3.20. The van der Waals surface area contributed by atoms with Crippen molar-refractivity contribution in [3.05, 3.63) is 34.6 Å². The Hall–Kier alpha value is -1.08. The third-order valence-electron chi connectivity index (χ3n) is 4.56. The summed E-state index contributed by atoms with van der Waals surface area (Å²) in [6.45, 7) is 4.62. The zero-order valence-electron chi connectivity index (χ0n) is 13.8. The van der Waals surface area contributed by atoms with Crippen LogP contribution in [0.25, 0.3) is 5.13 Å². The number of nitrogens with two attached hydrogens (primary N) is 1. The Morgan fingerprint density at radius 2 is 2.17 bits per heavy atom. The molecule has 2 aromatic heterocycles. The molecular formula is C16H24Cl2N4OS.